The lowest BCUT2D eigenvalue weighted by Crippen LogP contribution is -2.28. The number of fused-ring (bicyclic) bond motifs is 3. The van der Waals surface area contributed by atoms with Gasteiger partial charge in [0.05, 0.1) is 5.41 Å². The lowest BCUT2D eigenvalue weighted by Gasteiger charge is -2.34. The fraction of sp³-hybridized carbons (Fsp3) is 0.111. The van der Waals surface area contributed by atoms with Crippen LogP contribution in [0, 0.1) is 13.8 Å². The van der Waals surface area contributed by atoms with Gasteiger partial charge in [0.25, 0.3) is 0 Å². The predicted molar refractivity (Wildman–Crippen MR) is 117 cm³/mol. The molecule has 0 fully saturated rings. The molecule has 1 aliphatic carbocycles. The minimum absolute atomic E-state index is 0.251. The maximum Gasteiger partial charge on any atom is 0.115 e. The molecule has 0 heterocycles. The second-order valence-corrected chi connectivity index (χ2v) is 7.94. The van der Waals surface area contributed by atoms with E-state index in [-0.39, 0.29) is 11.5 Å². The highest BCUT2D eigenvalue weighted by Crippen LogP contribution is 2.56. The predicted octanol–water partition coefficient (Wildman–Crippen LogP) is 6.08. The van der Waals surface area contributed by atoms with E-state index >= 15 is 0 Å². The molecule has 4 aromatic rings. The Bertz CT molecular complexity index is 1120. The van der Waals surface area contributed by atoms with E-state index in [4.69, 9.17) is 0 Å². The SMILES string of the molecule is Cc1ccc2c(c1)C(c1ccc(O)cc1)(c1ccc(O)cc1)c1cc(C)ccc1-2. The van der Waals surface area contributed by atoms with Gasteiger partial charge in [0.1, 0.15) is 11.5 Å². The van der Waals surface area contributed by atoms with E-state index in [1.165, 1.54) is 33.4 Å². The number of phenolic OH excluding ortho intramolecular Hbond substituents is 2. The summed E-state index contributed by atoms with van der Waals surface area (Å²) in [6.07, 6.45) is 0. The molecule has 0 radical (unpaired) electrons. The number of phenols is 2. The van der Waals surface area contributed by atoms with E-state index in [0.717, 1.165) is 11.1 Å². The van der Waals surface area contributed by atoms with Crippen LogP contribution in [0.25, 0.3) is 11.1 Å². The maximum absolute atomic E-state index is 9.94. The van der Waals surface area contributed by atoms with Gasteiger partial charge in [0.2, 0.25) is 0 Å². The standard InChI is InChI=1S/C27H22O2/c1-17-3-13-23-24-14-4-18(2)16-26(24)27(25(23)15-17,19-5-9-21(28)10-6-19)20-7-11-22(29)12-8-20/h3-16,28-29H,1-2H3. The van der Waals surface area contributed by atoms with Crippen LogP contribution in [-0.2, 0) is 5.41 Å². The summed E-state index contributed by atoms with van der Waals surface area (Å²) in [6.45, 7) is 4.24. The molecule has 0 unspecified atom stereocenters. The molecule has 1 aliphatic rings. The van der Waals surface area contributed by atoms with Crippen LogP contribution >= 0.6 is 0 Å². The zero-order valence-electron chi connectivity index (χ0n) is 16.5. The minimum atomic E-state index is -0.510. The largest absolute Gasteiger partial charge is 0.508 e. The third-order valence-electron chi connectivity index (χ3n) is 6.05. The molecule has 2 N–H and O–H groups in total. The number of hydrogen-bond acceptors (Lipinski definition) is 2. The molecule has 5 rings (SSSR count). The first kappa shape index (κ1) is 17.6. The van der Waals surface area contributed by atoms with Crippen LogP contribution in [0.3, 0.4) is 0 Å². The summed E-state index contributed by atoms with van der Waals surface area (Å²) in [5.74, 6) is 0.503. The molecule has 0 spiro atoms. The van der Waals surface area contributed by atoms with E-state index in [0.29, 0.717) is 0 Å². The summed E-state index contributed by atoms with van der Waals surface area (Å²) >= 11 is 0. The number of aryl methyl sites for hydroxylation is 2. The quantitative estimate of drug-likeness (QED) is 0.391. The highest BCUT2D eigenvalue weighted by Gasteiger charge is 2.46. The fourth-order valence-corrected chi connectivity index (χ4v) is 4.76. The maximum atomic E-state index is 9.94. The fourth-order valence-electron chi connectivity index (χ4n) is 4.76. The normalized spacial score (nSPS) is 13.7. The summed E-state index contributed by atoms with van der Waals surface area (Å²) in [4.78, 5) is 0. The summed E-state index contributed by atoms with van der Waals surface area (Å²) in [7, 11) is 0. The Morgan fingerprint density at radius 2 is 0.897 bits per heavy atom. The average Bonchev–Trinajstić information content (AvgIpc) is 2.99. The summed E-state index contributed by atoms with van der Waals surface area (Å²) in [6, 6.07) is 28.3. The van der Waals surface area contributed by atoms with Crippen molar-refractivity contribution in [2.24, 2.45) is 0 Å². The summed E-state index contributed by atoms with van der Waals surface area (Å²) in [5.41, 5.74) is 9.01. The molecule has 0 aliphatic heterocycles. The smallest absolute Gasteiger partial charge is 0.115 e. The Morgan fingerprint density at radius 3 is 1.28 bits per heavy atom. The molecule has 0 bridgehead atoms. The lowest BCUT2D eigenvalue weighted by atomic mass is 9.67. The van der Waals surface area contributed by atoms with Crippen molar-refractivity contribution >= 4 is 0 Å². The number of hydrogen-bond donors (Lipinski definition) is 2. The molecular formula is C27H22O2. The Balaban J connectivity index is 1.97. The van der Waals surface area contributed by atoms with Crippen LogP contribution < -0.4 is 0 Å². The van der Waals surface area contributed by atoms with E-state index in [9.17, 15) is 10.2 Å². The van der Waals surface area contributed by atoms with Gasteiger partial charge in [0.15, 0.2) is 0 Å². The molecule has 0 saturated heterocycles. The Labute approximate surface area is 170 Å². The van der Waals surface area contributed by atoms with Crippen molar-refractivity contribution in [3.8, 4) is 22.6 Å². The van der Waals surface area contributed by atoms with Gasteiger partial charge >= 0.3 is 0 Å². The monoisotopic (exact) mass is 378 g/mol. The first-order valence-corrected chi connectivity index (χ1v) is 9.82. The van der Waals surface area contributed by atoms with Crippen molar-refractivity contribution in [1.82, 2.24) is 0 Å². The molecule has 0 amide bonds. The Kier molecular flexibility index (Phi) is 3.78. The van der Waals surface area contributed by atoms with Gasteiger partial charge < -0.3 is 10.2 Å². The van der Waals surface area contributed by atoms with E-state index in [2.05, 4.69) is 50.2 Å². The number of rotatable bonds is 2. The molecule has 0 saturated carbocycles. The van der Waals surface area contributed by atoms with Gasteiger partial charge in [0, 0.05) is 0 Å². The Morgan fingerprint density at radius 1 is 0.517 bits per heavy atom. The molecule has 142 valence electrons. The van der Waals surface area contributed by atoms with Gasteiger partial charge in [-0.25, -0.2) is 0 Å². The van der Waals surface area contributed by atoms with Crippen molar-refractivity contribution in [1.29, 1.82) is 0 Å². The van der Waals surface area contributed by atoms with E-state index < -0.39 is 5.41 Å². The summed E-state index contributed by atoms with van der Waals surface area (Å²) in [5, 5.41) is 19.9. The lowest BCUT2D eigenvalue weighted by molar-refractivity contribution is 0.475. The van der Waals surface area contributed by atoms with Gasteiger partial charge in [-0.05, 0) is 71.5 Å². The Hall–Kier alpha value is -3.52. The average molecular weight is 378 g/mol. The molecule has 2 heteroatoms. The zero-order valence-corrected chi connectivity index (χ0v) is 16.5. The van der Waals surface area contributed by atoms with Crippen molar-refractivity contribution in [2.45, 2.75) is 19.3 Å². The molecule has 4 aromatic carbocycles. The van der Waals surface area contributed by atoms with Crippen LogP contribution in [0.1, 0.15) is 33.4 Å². The van der Waals surface area contributed by atoms with Crippen LogP contribution in [0.15, 0.2) is 84.9 Å². The first-order valence-electron chi connectivity index (χ1n) is 9.82. The van der Waals surface area contributed by atoms with Crippen LogP contribution in [-0.4, -0.2) is 10.2 Å². The van der Waals surface area contributed by atoms with Crippen molar-refractivity contribution in [3.05, 3.63) is 118 Å². The highest BCUT2D eigenvalue weighted by molar-refractivity contribution is 5.86. The van der Waals surface area contributed by atoms with Gasteiger partial charge in [-0.3, -0.25) is 0 Å². The third-order valence-corrected chi connectivity index (χ3v) is 6.05. The first-order chi connectivity index (χ1) is 14.0. The number of benzene rings is 4. The van der Waals surface area contributed by atoms with Crippen molar-refractivity contribution in [2.75, 3.05) is 0 Å². The van der Waals surface area contributed by atoms with Crippen molar-refractivity contribution in [3.63, 3.8) is 0 Å². The van der Waals surface area contributed by atoms with Gasteiger partial charge in [-0.1, -0.05) is 71.8 Å². The van der Waals surface area contributed by atoms with Crippen LogP contribution in [0.2, 0.25) is 0 Å². The molecule has 2 nitrogen and oxygen atoms in total. The van der Waals surface area contributed by atoms with Gasteiger partial charge in [-0.15, -0.1) is 0 Å². The highest BCUT2D eigenvalue weighted by atomic mass is 16.3. The zero-order chi connectivity index (χ0) is 20.2. The second kappa shape index (κ2) is 6.25. The topological polar surface area (TPSA) is 40.5 Å². The van der Waals surface area contributed by atoms with E-state index in [1.807, 2.05) is 24.3 Å². The molecule has 0 atom stereocenters. The van der Waals surface area contributed by atoms with E-state index in [1.54, 1.807) is 24.3 Å². The van der Waals surface area contributed by atoms with Crippen molar-refractivity contribution < 1.29 is 10.2 Å². The molecule has 29 heavy (non-hydrogen) atoms. The second-order valence-electron chi connectivity index (χ2n) is 7.94. The van der Waals surface area contributed by atoms with Crippen LogP contribution in [0.4, 0.5) is 0 Å². The van der Waals surface area contributed by atoms with Crippen LogP contribution in [0.5, 0.6) is 11.5 Å². The minimum Gasteiger partial charge on any atom is -0.508 e. The molecule has 0 aromatic heterocycles. The third kappa shape index (κ3) is 2.49. The molecular weight excluding hydrogens is 356 g/mol. The summed E-state index contributed by atoms with van der Waals surface area (Å²) < 4.78 is 0. The number of aromatic hydroxyl groups is 2. The van der Waals surface area contributed by atoms with Gasteiger partial charge in [-0.2, -0.15) is 0 Å².